The zero-order chi connectivity index (χ0) is 16.6. The molecule has 2 aromatic rings. The van der Waals surface area contributed by atoms with Gasteiger partial charge in [0.05, 0.1) is 5.02 Å². The molecule has 2 N–H and O–H groups in total. The van der Waals surface area contributed by atoms with Crippen molar-refractivity contribution in [2.45, 2.75) is 45.2 Å². The number of anilines is 1. The predicted octanol–water partition coefficient (Wildman–Crippen LogP) is 4.59. The molecule has 0 aliphatic carbocycles. The topological polar surface area (TPSA) is 59.5 Å². The molecule has 0 spiro atoms. The van der Waals surface area contributed by atoms with Crippen molar-refractivity contribution in [1.82, 2.24) is 4.90 Å². The summed E-state index contributed by atoms with van der Waals surface area (Å²) in [6.07, 6.45) is 3.23. The molecule has 4 nitrogen and oxygen atoms in total. The van der Waals surface area contributed by atoms with Gasteiger partial charge in [-0.3, -0.25) is 4.79 Å². The fraction of sp³-hybridized carbons (Fsp3) is 0.389. The summed E-state index contributed by atoms with van der Waals surface area (Å²) in [6.45, 7) is 4.18. The van der Waals surface area contributed by atoms with E-state index in [4.69, 9.17) is 21.8 Å². The van der Waals surface area contributed by atoms with E-state index in [1.165, 1.54) is 0 Å². The van der Waals surface area contributed by atoms with Gasteiger partial charge in [0.25, 0.3) is 5.91 Å². The summed E-state index contributed by atoms with van der Waals surface area (Å²) in [5, 5.41) is 0.548. The molecular formula is C18H21ClN2O2. The van der Waals surface area contributed by atoms with Crippen LogP contribution in [0.3, 0.4) is 0 Å². The Morgan fingerprint density at radius 1 is 1.22 bits per heavy atom. The average Bonchev–Trinajstić information content (AvgIpc) is 2.99. The molecule has 2 atom stereocenters. The van der Waals surface area contributed by atoms with Crippen molar-refractivity contribution in [3.8, 4) is 11.3 Å². The van der Waals surface area contributed by atoms with Gasteiger partial charge in [-0.2, -0.15) is 0 Å². The number of rotatable bonds is 2. The minimum Gasteiger partial charge on any atom is -0.451 e. The first-order valence-electron chi connectivity index (χ1n) is 7.95. The molecule has 1 fully saturated rings. The van der Waals surface area contributed by atoms with E-state index >= 15 is 0 Å². The van der Waals surface area contributed by atoms with Crippen LogP contribution in [0.5, 0.6) is 0 Å². The molecular weight excluding hydrogens is 312 g/mol. The van der Waals surface area contributed by atoms with Crippen molar-refractivity contribution in [3.05, 3.63) is 41.1 Å². The van der Waals surface area contributed by atoms with Gasteiger partial charge in [0.2, 0.25) is 0 Å². The lowest BCUT2D eigenvalue weighted by molar-refractivity contribution is 0.0479. The molecule has 23 heavy (non-hydrogen) atoms. The highest BCUT2D eigenvalue weighted by Gasteiger charge is 2.31. The first-order valence-corrected chi connectivity index (χ1v) is 8.33. The number of benzene rings is 1. The number of nitrogens with zero attached hydrogens (tertiary/aromatic N) is 1. The molecule has 1 aromatic carbocycles. The lowest BCUT2D eigenvalue weighted by atomic mass is 9.97. The van der Waals surface area contributed by atoms with Gasteiger partial charge in [0.15, 0.2) is 5.76 Å². The number of hydrogen-bond donors (Lipinski definition) is 1. The van der Waals surface area contributed by atoms with Crippen LogP contribution in [0.4, 0.5) is 5.69 Å². The quantitative estimate of drug-likeness (QED) is 0.818. The van der Waals surface area contributed by atoms with Crippen LogP contribution >= 0.6 is 11.6 Å². The minimum absolute atomic E-state index is 0.0593. The fourth-order valence-corrected chi connectivity index (χ4v) is 3.49. The number of nitrogen functional groups attached to an aromatic ring is 1. The summed E-state index contributed by atoms with van der Waals surface area (Å²) in [7, 11) is 0. The highest BCUT2D eigenvalue weighted by molar-refractivity contribution is 6.33. The van der Waals surface area contributed by atoms with E-state index in [0.29, 0.717) is 27.8 Å². The summed E-state index contributed by atoms with van der Waals surface area (Å²) in [5.74, 6) is 0.845. The zero-order valence-electron chi connectivity index (χ0n) is 13.4. The number of amides is 1. The lowest BCUT2D eigenvalue weighted by Gasteiger charge is -2.38. The van der Waals surface area contributed by atoms with Gasteiger partial charge >= 0.3 is 0 Å². The van der Waals surface area contributed by atoms with E-state index in [9.17, 15) is 4.79 Å². The van der Waals surface area contributed by atoms with Gasteiger partial charge < -0.3 is 15.1 Å². The third-order valence-electron chi connectivity index (χ3n) is 4.50. The number of carbonyl (C=O) groups is 1. The Hall–Kier alpha value is -1.94. The van der Waals surface area contributed by atoms with Crippen molar-refractivity contribution in [1.29, 1.82) is 0 Å². The molecule has 5 heteroatoms. The Balaban J connectivity index is 1.89. The van der Waals surface area contributed by atoms with E-state index in [1.54, 1.807) is 30.3 Å². The second-order valence-corrected chi connectivity index (χ2v) is 6.65. The van der Waals surface area contributed by atoms with Crippen LogP contribution in [0.1, 0.15) is 43.7 Å². The van der Waals surface area contributed by atoms with E-state index in [-0.39, 0.29) is 18.0 Å². The summed E-state index contributed by atoms with van der Waals surface area (Å²) < 4.78 is 5.79. The van der Waals surface area contributed by atoms with Crippen molar-refractivity contribution in [2.75, 3.05) is 5.73 Å². The molecule has 3 rings (SSSR count). The normalized spacial score (nSPS) is 21.4. The first kappa shape index (κ1) is 15.9. The molecule has 1 aromatic heterocycles. The molecule has 2 unspecified atom stereocenters. The van der Waals surface area contributed by atoms with E-state index in [0.717, 1.165) is 19.3 Å². The maximum absolute atomic E-state index is 12.8. The monoisotopic (exact) mass is 332 g/mol. The highest BCUT2D eigenvalue weighted by Crippen LogP contribution is 2.32. The van der Waals surface area contributed by atoms with Crippen LogP contribution in [0.15, 0.2) is 34.7 Å². The number of nitrogens with two attached hydrogens (primary N) is 1. The van der Waals surface area contributed by atoms with Crippen LogP contribution in [0.25, 0.3) is 11.3 Å². The van der Waals surface area contributed by atoms with Gasteiger partial charge in [-0.25, -0.2) is 0 Å². The second-order valence-electron chi connectivity index (χ2n) is 6.24. The lowest BCUT2D eigenvalue weighted by Crippen LogP contribution is -2.47. The number of halogens is 1. The standard InChI is InChI=1S/C18H21ClN2O2/c1-11-4-3-5-12(2)21(11)18(22)17-9-8-16(23-17)14-10-13(20)6-7-15(14)19/h6-12H,3-5,20H2,1-2H3. The van der Waals surface area contributed by atoms with Crippen LogP contribution in [-0.2, 0) is 0 Å². The number of piperidine rings is 1. The highest BCUT2D eigenvalue weighted by atomic mass is 35.5. The van der Waals surface area contributed by atoms with Gasteiger partial charge in [-0.15, -0.1) is 0 Å². The fourth-order valence-electron chi connectivity index (χ4n) is 3.28. The Labute approximate surface area is 141 Å². The molecule has 122 valence electrons. The summed E-state index contributed by atoms with van der Waals surface area (Å²) in [4.78, 5) is 14.7. The smallest absolute Gasteiger partial charge is 0.290 e. The minimum atomic E-state index is -0.0593. The largest absolute Gasteiger partial charge is 0.451 e. The molecule has 2 heterocycles. The van der Waals surface area contributed by atoms with Crippen LogP contribution in [0.2, 0.25) is 5.02 Å². The second kappa shape index (κ2) is 6.28. The maximum Gasteiger partial charge on any atom is 0.290 e. The van der Waals surface area contributed by atoms with Crippen molar-refractivity contribution in [3.63, 3.8) is 0 Å². The Kier molecular flexibility index (Phi) is 4.35. The van der Waals surface area contributed by atoms with Crippen LogP contribution < -0.4 is 5.73 Å². The van der Waals surface area contributed by atoms with Crippen molar-refractivity contribution in [2.24, 2.45) is 0 Å². The molecule has 1 aliphatic rings. The van der Waals surface area contributed by atoms with Gasteiger partial charge in [-0.1, -0.05) is 11.6 Å². The first-order chi connectivity index (χ1) is 11.0. The summed E-state index contributed by atoms with van der Waals surface area (Å²) in [6, 6.07) is 9.16. The molecule has 1 amide bonds. The van der Waals surface area contributed by atoms with Crippen LogP contribution in [0, 0.1) is 0 Å². The number of carbonyl (C=O) groups excluding carboxylic acids is 1. The van der Waals surface area contributed by atoms with Crippen molar-refractivity contribution < 1.29 is 9.21 Å². The summed E-state index contributed by atoms with van der Waals surface area (Å²) >= 11 is 6.20. The summed E-state index contributed by atoms with van der Waals surface area (Å²) in [5.41, 5.74) is 7.11. The number of likely N-dealkylation sites (tertiary alicyclic amines) is 1. The SMILES string of the molecule is CC1CCCC(C)N1C(=O)c1ccc(-c2cc(N)ccc2Cl)o1. The Morgan fingerprint density at radius 2 is 1.91 bits per heavy atom. The molecule has 0 radical (unpaired) electrons. The molecule has 0 saturated carbocycles. The molecule has 1 aliphatic heterocycles. The zero-order valence-corrected chi connectivity index (χ0v) is 14.1. The molecule has 0 bridgehead atoms. The van der Waals surface area contributed by atoms with Gasteiger partial charge in [0, 0.05) is 23.3 Å². The molecule has 1 saturated heterocycles. The van der Waals surface area contributed by atoms with Gasteiger partial charge in [0.1, 0.15) is 5.76 Å². The van der Waals surface area contributed by atoms with E-state index in [2.05, 4.69) is 13.8 Å². The predicted molar refractivity (Wildman–Crippen MR) is 92.5 cm³/mol. The maximum atomic E-state index is 12.8. The van der Waals surface area contributed by atoms with Crippen LogP contribution in [-0.4, -0.2) is 22.9 Å². The van der Waals surface area contributed by atoms with Gasteiger partial charge in [-0.05, 0) is 63.4 Å². The number of furan rings is 1. The van der Waals surface area contributed by atoms with E-state index < -0.39 is 0 Å². The number of hydrogen-bond acceptors (Lipinski definition) is 3. The third kappa shape index (κ3) is 3.08. The van der Waals surface area contributed by atoms with E-state index in [1.807, 2.05) is 4.90 Å². The third-order valence-corrected chi connectivity index (χ3v) is 4.83. The average molecular weight is 333 g/mol. The van der Waals surface area contributed by atoms with Crippen molar-refractivity contribution >= 4 is 23.2 Å². The Bertz CT molecular complexity index is 716. The Morgan fingerprint density at radius 3 is 2.61 bits per heavy atom.